The molecule has 1 saturated carbocycles. The van der Waals surface area contributed by atoms with Crippen LogP contribution in [0.3, 0.4) is 0 Å². The van der Waals surface area contributed by atoms with E-state index >= 15 is 0 Å². The minimum absolute atomic E-state index is 0.154. The van der Waals surface area contributed by atoms with E-state index in [4.69, 9.17) is 5.73 Å². The second-order valence-electron chi connectivity index (χ2n) is 4.50. The van der Waals surface area contributed by atoms with Crippen molar-refractivity contribution in [3.8, 4) is 0 Å². The summed E-state index contributed by atoms with van der Waals surface area (Å²) in [6, 6.07) is 8.03. The van der Waals surface area contributed by atoms with E-state index in [-0.39, 0.29) is 5.54 Å². The Morgan fingerprint density at radius 3 is 2.47 bits per heavy atom. The van der Waals surface area contributed by atoms with Crippen LogP contribution in [-0.2, 0) is 5.54 Å². The van der Waals surface area contributed by atoms with Crippen molar-refractivity contribution in [2.45, 2.75) is 32.2 Å². The van der Waals surface area contributed by atoms with Crippen molar-refractivity contribution < 1.29 is 0 Å². The van der Waals surface area contributed by atoms with E-state index < -0.39 is 0 Å². The molecule has 4 heteroatoms. The Hall–Kier alpha value is -1.42. The average Bonchev–Trinajstić information content (AvgIpc) is 3.10. The number of rotatable bonds is 5. The van der Waals surface area contributed by atoms with Gasteiger partial charge in [-0.3, -0.25) is 5.01 Å². The Bertz CT molecular complexity index is 406. The highest BCUT2D eigenvalue weighted by Gasteiger charge is 2.41. The molecule has 0 amide bonds. The molecule has 1 aromatic carbocycles. The van der Waals surface area contributed by atoms with Gasteiger partial charge in [0.2, 0.25) is 0 Å². The van der Waals surface area contributed by atoms with Crippen molar-refractivity contribution in [1.29, 1.82) is 0 Å². The van der Waals surface area contributed by atoms with Gasteiger partial charge < -0.3 is 5.73 Å². The van der Waals surface area contributed by atoms with E-state index in [1.54, 1.807) is 0 Å². The molecule has 1 aromatic rings. The van der Waals surface area contributed by atoms with Gasteiger partial charge in [-0.2, -0.15) is 0 Å². The van der Waals surface area contributed by atoms with Gasteiger partial charge in [-0.25, -0.2) is 0 Å². The van der Waals surface area contributed by atoms with Crippen molar-refractivity contribution in [2.75, 3.05) is 13.1 Å². The van der Waals surface area contributed by atoms with E-state index in [2.05, 4.69) is 30.3 Å². The highest BCUT2D eigenvalue weighted by atomic mass is 15.5. The van der Waals surface area contributed by atoms with Gasteiger partial charge in [-0.05, 0) is 38.3 Å². The fourth-order valence-electron chi connectivity index (χ4n) is 1.85. The van der Waals surface area contributed by atoms with E-state index in [1.807, 2.05) is 23.2 Å². The van der Waals surface area contributed by atoms with Crippen molar-refractivity contribution in [3.63, 3.8) is 0 Å². The van der Waals surface area contributed by atoms with Crippen LogP contribution in [0.25, 0.3) is 0 Å². The maximum absolute atomic E-state index is 6.22. The maximum Gasteiger partial charge on any atom is 0.0924 e. The molecule has 92 valence electrons. The average molecular weight is 232 g/mol. The van der Waals surface area contributed by atoms with Crippen LogP contribution >= 0.6 is 0 Å². The second kappa shape index (κ2) is 4.84. The number of nitrogens with zero attached hydrogens (tertiary/aromatic N) is 3. The van der Waals surface area contributed by atoms with Crippen molar-refractivity contribution >= 4 is 5.69 Å². The minimum atomic E-state index is -0.154. The van der Waals surface area contributed by atoms with Crippen LogP contribution < -0.4 is 5.73 Å². The molecule has 0 saturated heterocycles. The van der Waals surface area contributed by atoms with Crippen LogP contribution in [-0.4, -0.2) is 18.1 Å². The molecular weight excluding hydrogens is 212 g/mol. The Kier molecular flexibility index (Phi) is 3.43. The van der Waals surface area contributed by atoms with Gasteiger partial charge in [0.15, 0.2) is 0 Å². The predicted octanol–water partition coefficient (Wildman–Crippen LogP) is 2.97. The lowest BCUT2D eigenvalue weighted by atomic mass is 10.0. The van der Waals surface area contributed by atoms with Gasteiger partial charge in [0.1, 0.15) is 0 Å². The van der Waals surface area contributed by atoms with Crippen LogP contribution in [0.15, 0.2) is 34.6 Å². The molecule has 0 bridgehead atoms. The summed E-state index contributed by atoms with van der Waals surface area (Å²) in [5, 5.41) is 10.5. The number of benzene rings is 1. The van der Waals surface area contributed by atoms with Gasteiger partial charge in [0, 0.05) is 18.6 Å². The standard InChI is InChI=1S/C13H20N4/c1-3-17(4-2)16-15-12-8-6-5-7-11(12)13(14)9-10-13/h5-8H,3-4,9-10,14H2,1-2H3. The van der Waals surface area contributed by atoms with Gasteiger partial charge in [0.05, 0.1) is 5.69 Å². The minimum Gasteiger partial charge on any atom is -0.321 e. The molecule has 0 atom stereocenters. The molecule has 0 unspecified atom stereocenters. The first-order chi connectivity index (χ1) is 8.19. The van der Waals surface area contributed by atoms with E-state index in [9.17, 15) is 0 Å². The summed E-state index contributed by atoms with van der Waals surface area (Å²) in [5.41, 5.74) is 8.09. The van der Waals surface area contributed by atoms with Gasteiger partial charge >= 0.3 is 0 Å². The lowest BCUT2D eigenvalue weighted by molar-refractivity contribution is 0.300. The third kappa shape index (κ3) is 2.64. The molecule has 0 aliphatic heterocycles. The Morgan fingerprint density at radius 2 is 1.88 bits per heavy atom. The van der Waals surface area contributed by atoms with Crippen molar-refractivity contribution in [2.24, 2.45) is 16.1 Å². The number of hydrogen-bond donors (Lipinski definition) is 1. The molecule has 0 heterocycles. The molecule has 1 fully saturated rings. The Morgan fingerprint density at radius 1 is 1.24 bits per heavy atom. The fourth-order valence-corrected chi connectivity index (χ4v) is 1.85. The third-order valence-electron chi connectivity index (χ3n) is 3.24. The highest BCUT2D eigenvalue weighted by Crippen LogP contribution is 2.46. The lowest BCUT2D eigenvalue weighted by Crippen LogP contribution is -2.19. The summed E-state index contributed by atoms with van der Waals surface area (Å²) in [7, 11) is 0. The van der Waals surface area contributed by atoms with Gasteiger partial charge in [0.25, 0.3) is 0 Å². The van der Waals surface area contributed by atoms with Crippen molar-refractivity contribution in [1.82, 2.24) is 5.01 Å². The summed E-state index contributed by atoms with van der Waals surface area (Å²) >= 11 is 0. The number of nitrogens with two attached hydrogens (primary N) is 1. The second-order valence-corrected chi connectivity index (χ2v) is 4.50. The molecule has 17 heavy (non-hydrogen) atoms. The smallest absolute Gasteiger partial charge is 0.0924 e. The molecule has 1 aliphatic rings. The maximum atomic E-state index is 6.22. The Balaban J connectivity index is 2.21. The van der Waals surface area contributed by atoms with Crippen LogP contribution in [0.4, 0.5) is 5.69 Å². The zero-order valence-corrected chi connectivity index (χ0v) is 10.6. The summed E-state index contributed by atoms with van der Waals surface area (Å²) < 4.78 is 0. The van der Waals surface area contributed by atoms with Gasteiger partial charge in [-0.1, -0.05) is 23.4 Å². The van der Waals surface area contributed by atoms with E-state index in [0.717, 1.165) is 37.2 Å². The van der Waals surface area contributed by atoms with Crippen molar-refractivity contribution in [3.05, 3.63) is 29.8 Å². The molecule has 0 aromatic heterocycles. The highest BCUT2D eigenvalue weighted by molar-refractivity contribution is 5.51. The number of hydrogen-bond acceptors (Lipinski definition) is 3. The normalized spacial score (nSPS) is 17.4. The largest absolute Gasteiger partial charge is 0.321 e. The lowest BCUT2D eigenvalue weighted by Gasteiger charge is -2.14. The molecular formula is C13H20N4. The molecule has 4 nitrogen and oxygen atoms in total. The SMILES string of the molecule is CCN(CC)N=Nc1ccccc1C1(N)CC1. The van der Waals surface area contributed by atoms with Crippen LogP contribution in [0.5, 0.6) is 0 Å². The third-order valence-corrected chi connectivity index (χ3v) is 3.24. The first-order valence-corrected chi connectivity index (χ1v) is 6.24. The summed E-state index contributed by atoms with van der Waals surface area (Å²) in [4.78, 5) is 0. The monoisotopic (exact) mass is 232 g/mol. The van der Waals surface area contributed by atoms with Crippen LogP contribution in [0.1, 0.15) is 32.3 Å². The molecule has 1 aliphatic carbocycles. The summed E-state index contributed by atoms with van der Waals surface area (Å²) in [5.74, 6) is 0. The van der Waals surface area contributed by atoms with E-state index in [1.165, 1.54) is 0 Å². The van der Waals surface area contributed by atoms with Crippen LogP contribution in [0.2, 0.25) is 0 Å². The molecule has 2 N–H and O–H groups in total. The summed E-state index contributed by atoms with van der Waals surface area (Å²) in [6.07, 6.45) is 2.09. The molecule has 0 radical (unpaired) electrons. The first-order valence-electron chi connectivity index (χ1n) is 6.24. The van der Waals surface area contributed by atoms with Gasteiger partial charge in [-0.15, -0.1) is 5.11 Å². The fraction of sp³-hybridized carbons (Fsp3) is 0.538. The topological polar surface area (TPSA) is 54.0 Å². The zero-order valence-electron chi connectivity index (χ0n) is 10.6. The summed E-state index contributed by atoms with van der Waals surface area (Å²) in [6.45, 7) is 5.88. The zero-order chi connectivity index (χ0) is 12.3. The quantitative estimate of drug-likeness (QED) is 0.626. The predicted molar refractivity (Wildman–Crippen MR) is 69.0 cm³/mol. The first kappa shape index (κ1) is 12.0. The van der Waals surface area contributed by atoms with Crippen LogP contribution in [0, 0.1) is 0 Å². The molecule has 2 rings (SSSR count). The van der Waals surface area contributed by atoms with E-state index in [0.29, 0.717) is 0 Å². The Labute approximate surface area is 102 Å². The molecule has 0 spiro atoms.